The molecule has 14 nitrogen and oxygen atoms in total. The molecule has 182 valence electrons. The SMILES string of the molecule is Cn1nnnc1SCC1=C(C(=O)O)N2C(=O)C(NC(=O)C(O)c3ccc(CN=[N+]=[N-])cc3)C2SC1. The lowest BCUT2D eigenvalue weighted by Gasteiger charge is -2.49. The maximum Gasteiger partial charge on any atom is 0.352 e. The van der Waals surface area contributed by atoms with Gasteiger partial charge in [-0.15, -0.1) is 16.9 Å². The normalized spacial score (nSPS) is 19.9. The Balaban J connectivity index is 1.42. The molecule has 1 fully saturated rings. The summed E-state index contributed by atoms with van der Waals surface area (Å²) in [4.78, 5) is 41.2. The van der Waals surface area contributed by atoms with Gasteiger partial charge in [-0.2, -0.15) is 0 Å². The predicted molar refractivity (Wildman–Crippen MR) is 123 cm³/mol. The van der Waals surface area contributed by atoms with Crippen LogP contribution in [0.25, 0.3) is 10.4 Å². The highest BCUT2D eigenvalue weighted by molar-refractivity contribution is 8.01. The molecule has 3 unspecified atom stereocenters. The van der Waals surface area contributed by atoms with E-state index in [-0.39, 0.29) is 18.0 Å². The van der Waals surface area contributed by atoms with Gasteiger partial charge >= 0.3 is 5.97 Å². The zero-order chi connectivity index (χ0) is 25.1. The van der Waals surface area contributed by atoms with Gasteiger partial charge < -0.3 is 15.5 Å². The molecular formula is C19H19N9O5S2. The van der Waals surface area contributed by atoms with Crippen molar-refractivity contribution in [1.82, 2.24) is 30.4 Å². The summed E-state index contributed by atoms with van der Waals surface area (Å²) < 4.78 is 1.46. The summed E-state index contributed by atoms with van der Waals surface area (Å²) in [5.74, 6) is -1.95. The second-order valence-corrected chi connectivity index (χ2v) is 9.61. The fraction of sp³-hybridized carbons (Fsp3) is 0.368. The molecular weight excluding hydrogens is 498 g/mol. The molecule has 2 aliphatic rings. The van der Waals surface area contributed by atoms with Gasteiger partial charge in [-0.3, -0.25) is 14.5 Å². The third-order valence-corrected chi connectivity index (χ3v) is 7.80. The maximum absolute atomic E-state index is 12.8. The van der Waals surface area contributed by atoms with Crippen molar-refractivity contribution in [2.75, 3.05) is 11.5 Å². The van der Waals surface area contributed by atoms with E-state index in [4.69, 9.17) is 5.53 Å². The summed E-state index contributed by atoms with van der Waals surface area (Å²) >= 11 is 2.59. The molecule has 0 saturated carbocycles. The number of aryl methyl sites for hydroxylation is 1. The fourth-order valence-corrected chi connectivity index (χ4v) is 5.93. The highest BCUT2D eigenvalue weighted by atomic mass is 32.2. The number of aliphatic hydroxyl groups is 1. The highest BCUT2D eigenvalue weighted by Gasteiger charge is 2.54. The summed E-state index contributed by atoms with van der Waals surface area (Å²) in [6.45, 7) is 0.139. The molecule has 0 spiro atoms. The van der Waals surface area contributed by atoms with Gasteiger partial charge in [0.2, 0.25) is 5.16 Å². The number of fused-ring (bicyclic) bond motifs is 1. The van der Waals surface area contributed by atoms with Crippen LogP contribution in [0.5, 0.6) is 0 Å². The van der Waals surface area contributed by atoms with Crippen LogP contribution in [-0.2, 0) is 28.0 Å². The summed E-state index contributed by atoms with van der Waals surface area (Å²) in [7, 11) is 1.67. The molecule has 1 aromatic heterocycles. The lowest BCUT2D eigenvalue weighted by atomic mass is 10.0. The van der Waals surface area contributed by atoms with E-state index in [1.54, 1.807) is 19.2 Å². The number of carboxylic acid groups (broad SMARTS) is 1. The predicted octanol–water partition coefficient (Wildman–Crippen LogP) is 0.585. The summed E-state index contributed by atoms with van der Waals surface area (Å²) in [6.07, 6.45) is -1.53. The Bertz CT molecular complexity index is 1240. The first-order valence-corrected chi connectivity index (χ1v) is 12.2. The van der Waals surface area contributed by atoms with Gasteiger partial charge in [0, 0.05) is 23.5 Å². The first-order chi connectivity index (χ1) is 16.8. The number of nitrogens with one attached hydrogen (secondary N) is 1. The van der Waals surface area contributed by atoms with E-state index in [0.717, 1.165) is 0 Å². The third kappa shape index (κ3) is 4.95. The number of carbonyl (C=O) groups is 3. The number of hydrogen-bond acceptors (Lipinski definition) is 10. The molecule has 2 aromatic rings. The maximum atomic E-state index is 12.8. The van der Waals surface area contributed by atoms with Crippen LogP contribution in [-0.4, -0.2) is 76.0 Å². The zero-order valence-corrected chi connectivity index (χ0v) is 19.8. The molecule has 0 aliphatic carbocycles. The second kappa shape index (κ2) is 10.4. The first-order valence-electron chi connectivity index (χ1n) is 10.1. The van der Waals surface area contributed by atoms with E-state index >= 15 is 0 Å². The fourth-order valence-electron chi connectivity index (χ4n) is 3.59. The number of thioether (sulfide) groups is 2. The van der Waals surface area contributed by atoms with Crippen LogP contribution in [0, 0.1) is 0 Å². The minimum absolute atomic E-state index is 0.108. The molecule has 0 bridgehead atoms. The van der Waals surface area contributed by atoms with Crippen LogP contribution in [0.2, 0.25) is 0 Å². The zero-order valence-electron chi connectivity index (χ0n) is 18.2. The van der Waals surface area contributed by atoms with Gasteiger partial charge in [-0.25, -0.2) is 9.48 Å². The van der Waals surface area contributed by atoms with Crippen LogP contribution in [0.15, 0.2) is 45.8 Å². The van der Waals surface area contributed by atoms with Gasteiger partial charge in [0.05, 0.1) is 6.54 Å². The largest absolute Gasteiger partial charge is 0.477 e. The minimum Gasteiger partial charge on any atom is -0.477 e. The van der Waals surface area contributed by atoms with Crippen LogP contribution in [0.1, 0.15) is 17.2 Å². The van der Waals surface area contributed by atoms with Gasteiger partial charge in [-0.05, 0) is 32.7 Å². The monoisotopic (exact) mass is 517 g/mol. The van der Waals surface area contributed by atoms with Gasteiger partial charge in [0.1, 0.15) is 17.1 Å². The average Bonchev–Trinajstić information content (AvgIpc) is 3.28. The molecule has 35 heavy (non-hydrogen) atoms. The summed E-state index contributed by atoms with van der Waals surface area (Å²) in [6, 6.07) is 5.33. The van der Waals surface area contributed by atoms with Crippen molar-refractivity contribution < 1.29 is 24.6 Å². The number of aliphatic hydroxyl groups excluding tert-OH is 1. The van der Waals surface area contributed by atoms with E-state index in [2.05, 4.69) is 30.9 Å². The number of benzene rings is 1. The second-order valence-electron chi connectivity index (χ2n) is 7.56. The summed E-state index contributed by atoms with van der Waals surface area (Å²) in [5.41, 5.74) is 9.83. The van der Waals surface area contributed by atoms with E-state index in [1.807, 2.05) is 0 Å². The van der Waals surface area contributed by atoms with Crippen molar-refractivity contribution in [3.63, 3.8) is 0 Å². The quantitative estimate of drug-likeness (QED) is 0.139. The molecule has 2 aliphatic heterocycles. The van der Waals surface area contributed by atoms with Crippen molar-refractivity contribution in [1.29, 1.82) is 0 Å². The highest BCUT2D eigenvalue weighted by Crippen LogP contribution is 2.41. The van der Waals surface area contributed by atoms with Gasteiger partial charge in [0.25, 0.3) is 11.8 Å². The van der Waals surface area contributed by atoms with Crippen LogP contribution in [0.4, 0.5) is 0 Å². The number of hydrogen-bond donors (Lipinski definition) is 3. The van der Waals surface area contributed by atoms with Crippen molar-refractivity contribution in [2.45, 2.75) is 29.2 Å². The molecule has 3 N–H and O–H groups in total. The molecule has 3 atom stereocenters. The van der Waals surface area contributed by atoms with E-state index in [9.17, 15) is 24.6 Å². The Morgan fingerprint density at radius 3 is 2.77 bits per heavy atom. The van der Waals surface area contributed by atoms with Crippen LogP contribution < -0.4 is 5.32 Å². The molecule has 16 heteroatoms. The molecule has 2 amide bonds. The molecule has 1 saturated heterocycles. The lowest BCUT2D eigenvalue weighted by Crippen LogP contribution is -2.70. The van der Waals surface area contributed by atoms with Crippen molar-refractivity contribution in [2.24, 2.45) is 12.2 Å². The van der Waals surface area contributed by atoms with E-state index in [0.29, 0.717) is 27.6 Å². The number of aliphatic carboxylic acids is 1. The van der Waals surface area contributed by atoms with Gasteiger partial charge in [0.15, 0.2) is 6.10 Å². The van der Waals surface area contributed by atoms with Crippen molar-refractivity contribution >= 4 is 41.3 Å². The number of azide groups is 1. The molecule has 0 radical (unpaired) electrons. The average molecular weight is 518 g/mol. The molecule has 4 rings (SSSR count). The van der Waals surface area contributed by atoms with Gasteiger partial charge in [-0.1, -0.05) is 41.1 Å². The number of carboxylic acids is 1. The van der Waals surface area contributed by atoms with Crippen molar-refractivity contribution in [3.8, 4) is 0 Å². The number of β-lactam (4-membered cyclic amide) rings is 1. The van der Waals surface area contributed by atoms with E-state index in [1.165, 1.54) is 45.2 Å². The number of carbonyl (C=O) groups excluding carboxylic acids is 2. The topological polar surface area (TPSA) is 199 Å². The Labute approximate surface area is 206 Å². The van der Waals surface area contributed by atoms with Crippen molar-refractivity contribution in [3.05, 3.63) is 57.1 Å². The Kier molecular flexibility index (Phi) is 7.25. The standard InChI is InChI=1S/C19H19N9O5S2/c1-27-19(23-25-26-27)35-8-11-7-34-17-12(16(31)28(17)13(11)18(32)33)22-15(30)14(29)10-4-2-9(3-5-10)6-21-24-20/h2-5,12,14,17,29H,6-8H2,1H3,(H,22,30)(H,32,33). The minimum atomic E-state index is -1.53. The molecule has 3 heterocycles. The Morgan fingerprint density at radius 2 is 2.14 bits per heavy atom. The lowest BCUT2D eigenvalue weighted by molar-refractivity contribution is -0.151. The number of nitrogens with zero attached hydrogens (tertiary/aromatic N) is 8. The van der Waals surface area contributed by atoms with E-state index < -0.39 is 35.3 Å². The summed E-state index contributed by atoms with van der Waals surface area (Å²) in [5, 5.41) is 37.2. The third-order valence-electron chi connectivity index (χ3n) is 5.36. The number of amides is 2. The Hall–Kier alpha value is -3.59. The Morgan fingerprint density at radius 1 is 1.40 bits per heavy atom. The number of rotatable bonds is 9. The molecule has 1 aromatic carbocycles. The number of tetrazole rings is 1. The smallest absolute Gasteiger partial charge is 0.352 e. The van der Waals surface area contributed by atoms with Crippen LogP contribution >= 0.6 is 23.5 Å². The van der Waals surface area contributed by atoms with Crippen LogP contribution in [0.3, 0.4) is 0 Å². The first kappa shape index (κ1) is 24.5. The number of aromatic nitrogens is 4.